The molecule has 4 aromatic rings. The van der Waals surface area contributed by atoms with Crippen molar-refractivity contribution in [1.29, 1.82) is 0 Å². The molecule has 7 nitrogen and oxygen atoms in total. The third-order valence-corrected chi connectivity index (χ3v) is 7.08. The van der Waals surface area contributed by atoms with Crippen molar-refractivity contribution in [2.24, 2.45) is 0 Å². The summed E-state index contributed by atoms with van der Waals surface area (Å²) in [5, 5.41) is 11.4. The number of benzene rings is 2. The fourth-order valence-corrected chi connectivity index (χ4v) is 4.83. The molecule has 3 heterocycles. The number of likely N-dealkylation sites (N-methyl/N-ethyl adjacent to an activating group) is 1. The highest BCUT2D eigenvalue weighted by molar-refractivity contribution is 6.29. The van der Waals surface area contributed by atoms with Gasteiger partial charge in [0.1, 0.15) is 5.15 Å². The second-order valence-corrected chi connectivity index (χ2v) is 9.89. The van der Waals surface area contributed by atoms with Crippen LogP contribution >= 0.6 is 11.6 Å². The third-order valence-electron chi connectivity index (χ3n) is 6.78. The van der Waals surface area contributed by atoms with Crippen LogP contribution < -0.4 is 5.32 Å². The van der Waals surface area contributed by atoms with Crippen molar-refractivity contribution < 1.29 is 18.0 Å². The summed E-state index contributed by atoms with van der Waals surface area (Å²) in [5.41, 5.74) is 1.81. The van der Waals surface area contributed by atoms with Crippen LogP contribution in [0.25, 0.3) is 17.0 Å². The van der Waals surface area contributed by atoms with E-state index in [2.05, 4.69) is 20.4 Å². The van der Waals surface area contributed by atoms with Crippen LogP contribution in [0, 0.1) is 6.92 Å². The van der Waals surface area contributed by atoms with E-state index < -0.39 is 17.6 Å². The molecule has 0 saturated carbocycles. The summed E-state index contributed by atoms with van der Waals surface area (Å²) in [6, 6.07) is 14.2. The maximum absolute atomic E-state index is 14.0. The standard InChI is InChI=1S/C27H26ClF3N6O/c1-17-6-7-18(14-21(17)25-34-33-24-5-3-4-23(28)37(24)25)26(38)32-20-9-8-19(22(15-20)27(29,30)31)16-36-12-10-35(2)11-13-36/h3-9,14-15H,10-13,16H2,1-2H3,(H,32,38). The van der Waals surface area contributed by atoms with Crippen LogP contribution in [0.2, 0.25) is 5.15 Å². The molecule has 0 spiro atoms. The minimum absolute atomic E-state index is 0.0718. The van der Waals surface area contributed by atoms with Crippen molar-refractivity contribution in [1.82, 2.24) is 24.4 Å². The largest absolute Gasteiger partial charge is 0.416 e. The van der Waals surface area contributed by atoms with Crippen LogP contribution in [-0.4, -0.2) is 63.5 Å². The number of halogens is 4. The lowest BCUT2D eigenvalue weighted by Gasteiger charge is -2.33. The van der Waals surface area contributed by atoms with Gasteiger partial charge in [-0.25, -0.2) is 0 Å². The van der Waals surface area contributed by atoms with Crippen LogP contribution in [0.1, 0.15) is 27.0 Å². The van der Waals surface area contributed by atoms with Gasteiger partial charge in [0.25, 0.3) is 5.91 Å². The first kappa shape index (κ1) is 26.1. The molecule has 1 aliphatic heterocycles. The van der Waals surface area contributed by atoms with Crippen molar-refractivity contribution >= 4 is 28.8 Å². The molecule has 5 rings (SSSR count). The lowest BCUT2D eigenvalue weighted by molar-refractivity contribution is -0.138. The second-order valence-electron chi connectivity index (χ2n) is 9.50. The molecular formula is C27H26ClF3N6O. The molecule has 1 amide bonds. The average Bonchev–Trinajstić information content (AvgIpc) is 3.31. The second kappa shape index (κ2) is 10.4. The van der Waals surface area contributed by atoms with Crippen molar-refractivity contribution in [3.63, 3.8) is 0 Å². The fraction of sp³-hybridized carbons (Fsp3) is 0.296. The number of carbonyl (C=O) groups excluding carboxylic acids is 1. The topological polar surface area (TPSA) is 65.8 Å². The molecule has 1 N–H and O–H groups in total. The van der Waals surface area contributed by atoms with E-state index in [1.807, 2.05) is 18.9 Å². The van der Waals surface area contributed by atoms with E-state index in [4.69, 9.17) is 11.6 Å². The zero-order valence-corrected chi connectivity index (χ0v) is 21.6. The van der Waals surface area contributed by atoms with Crippen LogP contribution in [0.15, 0.2) is 54.6 Å². The highest BCUT2D eigenvalue weighted by atomic mass is 35.5. The van der Waals surface area contributed by atoms with Gasteiger partial charge in [-0.3, -0.25) is 14.1 Å². The number of alkyl halides is 3. The number of fused-ring (bicyclic) bond motifs is 1. The molecule has 2 aromatic heterocycles. The minimum atomic E-state index is -4.55. The van der Waals surface area contributed by atoms with Crippen molar-refractivity contribution in [2.75, 3.05) is 38.5 Å². The normalized spacial score (nSPS) is 15.2. The lowest BCUT2D eigenvalue weighted by atomic mass is 10.0. The first-order chi connectivity index (χ1) is 18.1. The van der Waals surface area contributed by atoms with Crippen molar-refractivity contribution in [2.45, 2.75) is 19.6 Å². The molecule has 0 atom stereocenters. The zero-order valence-electron chi connectivity index (χ0n) is 20.9. The van der Waals surface area contributed by atoms with Gasteiger partial charge in [0, 0.05) is 49.5 Å². The van der Waals surface area contributed by atoms with Gasteiger partial charge in [-0.2, -0.15) is 13.2 Å². The Morgan fingerprint density at radius 2 is 1.79 bits per heavy atom. The lowest BCUT2D eigenvalue weighted by Crippen LogP contribution is -2.44. The Bertz CT molecular complexity index is 1490. The van der Waals surface area contributed by atoms with E-state index in [9.17, 15) is 18.0 Å². The Kier molecular flexibility index (Phi) is 7.13. The number of hydrogen-bond acceptors (Lipinski definition) is 5. The summed E-state index contributed by atoms with van der Waals surface area (Å²) in [4.78, 5) is 17.3. The van der Waals surface area contributed by atoms with E-state index in [1.165, 1.54) is 12.1 Å². The Morgan fingerprint density at radius 1 is 1.03 bits per heavy atom. The fourth-order valence-electron chi connectivity index (χ4n) is 4.59. The summed E-state index contributed by atoms with van der Waals surface area (Å²) < 4.78 is 43.5. The van der Waals surface area contributed by atoms with Crippen LogP contribution in [0.5, 0.6) is 0 Å². The van der Waals surface area contributed by atoms with Gasteiger partial charge < -0.3 is 10.2 Å². The van der Waals surface area contributed by atoms with E-state index in [1.54, 1.807) is 40.8 Å². The molecule has 1 fully saturated rings. The van der Waals surface area contributed by atoms with E-state index in [0.29, 0.717) is 35.3 Å². The first-order valence-electron chi connectivity index (χ1n) is 12.1. The Morgan fingerprint density at radius 3 is 2.53 bits per heavy atom. The quantitative estimate of drug-likeness (QED) is 0.343. The van der Waals surface area contributed by atoms with Crippen molar-refractivity contribution in [3.05, 3.63) is 82.0 Å². The molecule has 0 aliphatic carbocycles. The zero-order chi connectivity index (χ0) is 27.0. The van der Waals surface area contributed by atoms with Gasteiger partial charge in [0.15, 0.2) is 11.5 Å². The predicted octanol–water partition coefficient (Wildman–Crippen LogP) is 5.38. The average molecular weight is 543 g/mol. The summed E-state index contributed by atoms with van der Waals surface area (Å²) in [7, 11) is 2.00. The maximum Gasteiger partial charge on any atom is 0.416 e. The molecule has 1 aliphatic rings. The number of hydrogen-bond donors (Lipinski definition) is 1. The monoisotopic (exact) mass is 542 g/mol. The van der Waals surface area contributed by atoms with E-state index >= 15 is 0 Å². The van der Waals surface area contributed by atoms with E-state index in [0.717, 1.165) is 24.7 Å². The van der Waals surface area contributed by atoms with Gasteiger partial charge >= 0.3 is 6.18 Å². The SMILES string of the molecule is Cc1ccc(C(=O)Nc2ccc(CN3CCN(C)CC3)c(C(F)(F)F)c2)cc1-c1nnc2cccc(Cl)n12. The highest BCUT2D eigenvalue weighted by Crippen LogP contribution is 2.35. The van der Waals surface area contributed by atoms with E-state index in [-0.39, 0.29) is 23.4 Å². The molecule has 0 bridgehead atoms. The Balaban J connectivity index is 1.40. The molecular weight excluding hydrogens is 517 g/mol. The van der Waals surface area contributed by atoms with Crippen LogP contribution in [-0.2, 0) is 12.7 Å². The number of amides is 1. The Labute approximate surface area is 222 Å². The minimum Gasteiger partial charge on any atom is -0.322 e. The number of nitrogens with zero attached hydrogens (tertiary/aromatic N) is 5. The molecule has 1 saturated heterocycles. The van der Waals surface area contributed by atoms with Gasteiger partial charge in [0.05, 0.1) is 5.56 Å². The maximum atomic E-state index is 14.0. The number of pyridine rings is 1. The summed E-state index contributed by atoms with van der Waals surface area (Å²) in [6.07, 6.45) is -4.55. The first-order valence-corrected chi connectivity index (χ1v) is 12.5. The van der Waals surface area contributed by atoms with Gasteiger partial charge in [0.2, 0.25) is 0 Å². The molecule has 0 unspecified atom stereocenters. The summed E-state index contributed by atoms with van der Waals surface area (Å²) in [6.45, 7) is 5.09. The third kappa shape index (κ3) is 5.38. The van der Waals surface area contributed by atoms with Gasteiger partial charge in [-0.1, -0.05) is 29.8 Å². The number of aromatic nitrogens is 3. The highest BCUT2D eigenvalue weighted by Gasteiger charge is 2.34. The molecule has 0 radical (unpaired) electrons. The molecule has 38 heavy (non-hydrogen) atoms. The van der Waals surface area contributed by atoms with Gasteiger partial charge in [-0.05, 0) is 61.5 Å². The van der Waals surface area contributed by atoms with Crippen LogP contribution in [0.4, 0.5) is 18.9 Å². The molecule has 198 valence electrons. The molecule has 11 heteroatoms. The number of carbonyl (C=O) groups is 1. The smallest absolute Gasteiger partial charge is 0.322 e. The number of piperazine rings is 1. The Hall–Kier alpha value is -3.47. The summed E-state index contributed by atoms with van der Waals surface area (Å²) >= 11 is 6.35. The van der Waals surface area contributed by atoms with Gasteiger partial charge in [-0.15, -0.1) is 10.2 Å². The number of aryl methyl sites for hydroxylation is 1. The number of rotatable bonds is 5. The van der Waals surface area contributed by atoms with Crippen molar-refractivity contribution in [3.8, 4) is 11.4 Å². The molecule has 2 aromatic carbocycles. The van der Waals surface area contributed by atoms with Crippen LogP contribution in [0.3, 0.4) is 0 Å². The summed E-state index contributed by atoms with van der Waals surface area (Å²) in [5.74, 6) is -0.0727. The number of nitrogens with one attached hydrogen (secondary N) is 1. The number of anilines is 1. The predicted molar refractivity (Wildman–Crippen MR) is 140 cm³/mol.